The van der Waals surface area contributed by atoms with Crippen LogP contribution < -0.4 is 10.2 Å². The summed E-state index contributed by atoms with van der Waals surface area (Å²) >= 11 is 1.91. The van der Waals surface area contributed by atoms with E-state index in [1.165, 1.54) is 24.1 Å². The van der Waals surface area contributed by atoms with Crippen LogP contribution in [0.5, 0.6) is 0 Å². The van der Waals surface area contributed by atoms with Crippen LogP contribution >= 0.6 is 11.8 Å². The third-order valence-corrected chi connectivity index (χ3v) is 4.92. The van der Waals surface area contributed by atoms with Gasteiger partial charge in [0, 0.05) is 37.1 Å². The lowest BCUT2D eigenvalue weighted by Crippen LogP contribution is -2.34. The first kappa shape index (κ1) is 16.6. The molecule has 118 valence electrons. The summed E-state index contributed by atoms with van der Waals surface area (Å²) in [4.78, 5) is 7.19. The molecule has 21 heavy (non-hydrogen) atoms. The van der Waals surface area contributed by atoms with E-state index in [2.05, 4.69) is 49.5 Å². The first-order chi connectivity index (χ1) is 10.2. The predicted octanol–water partition coefficient (Wildman–Crippen LogP) is 3.47. The van der Waals surface area contributed by atoms with Crippen LogP contribution in [0.1, 0.15) is 44.4 Å². The quantitative estimate of drug-likeness (QED) is 0.756. The van der Waals surface area contributed by atoms with E-state index in [9.17, 15) is 0 Å². The molecule has 0 spiro atoms. The number of aromatic nitrogens is 1. The summed E-state index contributed by atoms with van der Waals surface area (Å²) in [7, 11) is 2.18. The molecule has 4 heteroatoms. The molecule has 0 aromatic carbocycles. The molecule has 1 N–H and O–H groups in total. The number of hydrogen-bond donors (Lipinski definition) is 1. The summed E-state index contributed by atoms with van der Waals surface area (Å²) in [6.07, 6.45) is 7.01. The fourth-order valence-corrected chi connectivity index (χ4v) is 3.37. The lowest BCUT2D eigenvalue weighted by molar-refractivity contribution is 0.659. The number of nitrogens with zero attached hydrogens (tertiary/aromatic N) is 2. The van der Waals surface area contributed by atoms with Crippen LogP contribution in [-0.2, 0) is 13.0 Å². The van der Waals surface area contributed by atoms with Crippen molar-refractivity contribution in [2.45, 2.75) is 58.2 Å². The average molecular weight is 308 g/mol. The Morgan fingerprint density at radius 3 is 2.71 bits per heavy atom. The van der Waals surface area contributed by atoms with E-state index >= 15 is 0 Å². The monoisotopic (exact) mass is 307 g/mol. The standard InChI is InChI=1S/C17H29N3S/c1-5-14-9-13(11-18-15-7-8-15)10-17(19-14)20(3)16(6-2)12-21-4/h9-10,15-16,18H,5-8,11-12H2,1-4H3. The Bertz CT molecular complexity index is 446. The van der Waals surface area contributed by atoms with E-state index in [-0.39, 0.29) is 0 Å². The highest BCUT2D eigenvalue weighted by Gasteiger charge is 2.20. The molecule has 1 aliphatic rings. The fourth-order valence-electron chi connectivity index (χ4n) is 2.53. The molecule has 1 saturated carbocycles. The Balaban J connectivity index is 2.13. The van der Waals surface area contributed by atoms with Gasteiger partial charge in [-0.2, -0.15) is 11.8 Å². The molecule has 0 bridgehead atoms. The zero-order valence-corrected chi connectivity index (χ0v) is 14.7. The smallest absolute Gasteiger partial charge is 0.129 e. The van der Waals surface area contributed by atoms with Gasteiger partial charge in [-0.3, -0.25) is 0 Å². The first-order valence-corrected chi connectivity index (χ1v) is 9.52. The predicted molar refractivity (Wildman–Crippen MR) is 94.3 cm³/mol. The largest absolute Gasteiger partial charge is 0.356 e. The maximum Gasteiger partial charge on any atom is 0.129 e. The van der Waals surface area contributed by atoms with Gasteiger partial charge in [0.15, 0.2) is 0 Å². The van der Waals surface area contributed by atoms with Crippen LogP contribution in [0.4, 0.5) is 5.82 Å². The molecule has 1 aromatic rings. The van der Waals surface area contributed by atoms with E-state index in [1.54, 1.807) is 0 Å². The van der Waals surface area contributed by atoms with Crippen molar-refractivity contribution in [1.82, 2.24) is 10.3 Å². The van der Waals surface area contributed by atoms with Crippen molar-refractivity contribution in [2.75, 3.05) is 24.0 Å². The van der Waals surface area contributed by atoms with Crippen molar-refractivity contribution in [2.24, 2.45) is 0 Å². The Kier molecular flexibility index (Phi) is 6.37. The minimum absolute atomic E-state index is 0.559. The Hall–Kier alpha value is -0.740. The van der Waals surface area contributed by atoms with E-state index in [0.29, 0.717) is 6.04 Å². The van der Waals surface area contributed by atoms with Crippen LogP contribution in [0.3, 0.4) is 0 Å². The van der Waals surface area contributed by atoms with Gasteiger partial charge >= 0.3 is 0 Å². The van der Waals surface area contributed by atoms with E-state index in [1.807, 2.05) is 11.8 Å². The molecule has 0 amide bonds. The highest BCUT2D eigenvalue weighted by molar-refractivity contribution is 7.98. The van der Waals surface area contributed by atoms with E-state index < -0.39 is 0 Å². The Morgan fingerprint density at radius 2 is 2.14 bits per heavy atom. The molecule has 1 heterocycles. The molecule has 1 aromatic heterocycles. The van der Waals surface area contributed by atoms with Gasteiger partial charge in [-0.15, -0.1) is 0 Å². The molecule has 1 aliphatic carbocycles. The third kappa shape index (κ3) is 4.89. The SMILES string of the molecule is CCc1cc(CNC2CC2)cc(N(C)C(CC)CSC)n1. The number of nitrogens with one attached hydrogen (secondary N) is 1. The summed E-state index contributed by atoms with van der Waals surface area (Å²) in [6, 6.07) is 5.83. The maximum absolute atomic E-state index is 4.83. The molecule has 1 atom stereocenters. The number of aryl methyl sites for hydroxylation is 1. The van der Waals surface area contributed by atoms with Crippen molar-refractivity contribution >= 4 is 17.6 Å². The second kappa shape index (κ2) is 8.04. The van der Waals surface area contributed by atoms with Crippen molar-refractivity contribution in [3.63, 3.8) is 0 Å². The summed E-state index contributed by atoms with van der Waals surface area (Å²) in [5, 5.41) is 3.61. The number of hydrogen-bond acceptors (Lipinski definition) is 4. The van der Waals surface area contributed by atoms with Gasteiger partial charge in [0.1, 0.15) is 5.82 Å². The number of rotatable bonds is 9. The van der Waals surface area contributed by atoms with Crippen molar-refractivity contribution in [3.8, 4) is 0 Å². The van der Waals surface area contributed by atoms with Gasteiger partial charge in [0.2, 0.25) is 0 Å². The zero-order valence-electron chi connectivity index (χ0n) is 13.9. The summed E-state index contributed by atoms with van der Waals surface area (Å²) in [5.41, 5.74) is 2.57. The van der Waals surface area contributed by atoms with Gasteiger partial charge in [0.05, 0.1) is 0 Å². The normalized spacial score (nSPS) is 16.0. The molecular formula is C17H29N3S. The van der Waals surface area contributed by atoms with E-state index in [0.717, 1.165) is 37.0 Å². The molecule has 1 unspecified atom stereocenters. The van der Waals surface area contributed by atoms with Crippen LogP contribution in [0, 0.1) is 0 Å². The van der Waals surface area contributed by atoms with Gasteiger partial charge in [-0.05, 0) is 49.6 Å². The van der Waals surface area contributed by atoms with Gasteiger partial charge in [-0.25, -0.2) is 4.98 Å². The lowest BCUT2D eigenvalue weighted by atomic mass is 10.1. The zero-order chi connectivity index (χ0) is 15.2. The maximum atomic E-state index is 4.83. The van der Waals surface area contributed by atoms with Crippen LogP contribution in [0.15, 0.2) is 12.1 Å². The average Bonchev–Trinajstić information content (AvgIpc) is 3.33. The van der Waals surface area contributed by atoms with Gasteiger partial charge in [-0.1, -0.05) is 13.8 Å². The molecule has 3 nitrogen and oxygen atoms in total. The molecular weight excluding hydrogens is 278 g/mol. The van der Waals surface area contributed by atoms with Crippen molar-refractivity contribution < 1.29 is 0 Å². The highest BCUT2D eigenvalue weighted by atomic mass is 32.2. The summed E-state index contributed by atoms with van der Waals surface area (Å²) < 4.78 is 0. The molecule has 0 radical (unpaired) electrons. The molecule has 2 rings (SSSR count). The molecule has 1 fully saturated rings. The van der Waals surface area contributed by atoms with Crippen molar-refractivity contribution in [1.29, 1.82) is 0 Å². The fraction of sp³-hybridized carbons (Fsp3) is 0.706. The lowest BCUT2D eigenvalue weighted by Gasteiger charge is -2.28. The van der Waals surface area contributed by atoms with Gasteiger partial charge in [0.25, 0.3) is 0 Å². The highest BCUT2D eigenvalue weighted by Crippen LogP contribution is 2.22. The van der Waals surface area contributed by atoms with Crippen molar-refractivity contribution in [3.05, 3.63) is 23.4 Å². The molecule has 0 saturated heterocycles. The second-order valence-electron chi connectivity index (χ2n) is 5.96. The number of pyridine rings is 1. The van der Waals surface area contributed by atoms with Crippen LogP contribution in [0.25, 0.3) is 0 Å². The minimum atomic E-state index is 0.559. The van der Waals surface area contributed by atoms with E-state index in [4.69, 9.17) is 4.98 Å². The molecule has 0 aliphatic heterocycles. The minimum Gasteiger partial charge on any atom is -0.356 e. The Labute approximate surface area is 133 Å². The first-order valence-electron chi connectivity index (χ1n) is 8.12. The topological polar surface area (TPSA) is 28.2 Å². The second-order valence-corrected chi connectivity index (χ2v) is 6.87. The van der Waals surface area contributed by atoms with Crippen LogP contribution in [0.2, 0.25) is 0 Å². The summed E-state index contributed by atoms with van der Waals surface area (Å²) in [5.74, 6) is 2.28. The Morgan fingerprint density at radius 1 is 1.38 bits per heavy atom. The third-order valence-electron chi connectivity index (χ3n) is 4.20. The number of anilines is 1. The number of thioether (sulfide) groups is 1. The summed E-state index contributed by atoms with van der Waals surface area (Å²) in [6.45, 7) is 5.42. The van der Waals surface area contributed by atoms with Crippen LogP contribution in [-0.4, -0.2) is 36.1 Å². The van der Waals surface area contributed by atoms with Gasteiger partial charge < -0.3 is 10.2 Å².